The second-order valence-electron chi connectivity index (χ2n) is 6.89. The SMILES string of the molecule is C=CCn1c(C)c(/C=C(/C#N)C(=O)NC2CCCCC2)c2ccccc21. The molecule has 1 aliphatic rings. The molecule has 0 radical (unpaired) electrons. The zero-order valence-corrected chi connectivity index (χ0v) is 15.3. The standard InChI is InChI=1S/C22H25N3O/c1-3-13-25-16(2)20(19-11-7-8-12-21(19)25)14-17(15-23)22(26)24-18-9-5-4-6-10-18/h3,7-8,11-12,14,18H,1,4-6,9-10,13H2,2H3,(H,24,26)/b17-14-. The third-order valence-electron chi connectivity index (χ3n) is 5.19. The summed E-state index contributed by atoms with van der Waals surface area (Å²) in [5.74, 6) is -0.264. The van der Waals surface area contributed by atoms with Crippen LogP contribution in [0, 0.1) is 18.3 Å². The quantitative estimate of drug-likeness (QED) is 0.492. The lowest BCUT2D eigenvalue weighted by Crippen LogP contribution is -2.36. The van der Waals surface area contributed by atoms with E-state index >= 15 is 0 Å². The molecule has 0 atom stereocenters. The van der Waals surface area contributed by atoms with Gasteiger partial charge in [0.05, 0.1) is 0 Å². The first-order valence-corrected chi connectivity index (χ1v) is 9.27. The Bertz CT molecular complexity index is 892. The molecule has 1 aromatic heterocycles. The van der Waals surface area contributed by atoms with E-state index < -0.39 is 0 Å². The molecule has 0 unspecified atom stereocenters. The third kappa shape index (κ3) is 3.57. The number of hydrogen-bond acceptors (Lipinski definition) is 2. The molecule has 1 fully saturated rings. The van der Waals surface area contributed by atoms with Gasteiger partial charge in [-0.15, -0.1) is 6.58 Å². The zero-order chi connectivity index (χ0) is 18.5. The number of carbonyl (C=O) groups excluding carboxylic acids is 1. The topological polar surface area (TPSA) is 57.8 Å². The van der Waals surface area contributed by atoms with Crippen molar-refractivity contribution in [3.05, 3.63) is 53.8 Å². The predicted molar refractivity (Wildman–Crippen MR) is 105 cm³/mol. The van der Waals surface area contributed by atoms with Crippen LogP contribution in [0.4, 0.5) is 0 Å². The van der Waals surface area contributed by atoms with Gasteiger partial charge in [0.15, 0.2) is 0 Å². The van der Waals surface area contributed by atoms with Gasteiger partial charge in [-0.25, -0.2) is 0 Å². The number of nitriles is 1. The van der Waals surface area contributed by atoms with Gasteiger partial charge in [-0.05, 0) is 31.9 Å². The number of rotatable bonds is 5. The van der Waals surface area contributed by atoms with Crippen LogP contribution >= 0.6 is 0 Å². The van der Waals surface area contributed by atoms with Crippen LogP contribution in [0.25, 0.3) is 17.0 Å². The smallest absolute Gasteiger partial charge is 0.262 e. The lowest BCUT2D eigenvalue weighted by Gasteiger charge is -2.22. The number of amides is 1. The minimum absolute atomic E-state index is 0.167. The van der Waals surface area contributed by atoms with Gasteiger partial charge in [0.25, 0.3) is 5.91 Å². The van der Waals surface area contributed by atoms with Crippen LogP contribution in [0.5, 0.6) is 0 Å². The van der Waals surface area contributed by atoms with Crippen molar-refractivity contribution in [3.8, 4) is 6.07 Å². The van der Waals surface area contributed by atoms with Crippen molar-refractivity contribution < 1.29 is 4.79 Å². The van der Waals surface area contributed by atoms with Crippen molar-refractivity contribution in [2.75, 3.05) is 0 Å². The monoisotopic (exact) mass is 347 g/mol. The molecule has 1 aliphatic carbocycles. The number of benzene rings is 1. The summed E-state index contributed by atoms with van der Waals surface area (Å²) in [6, 6.07) is 10.3. The molecule has 4 heteroatoms. The summed E-state index contributed by atoms with van der Waals surface area (Å²) < 4.78 is 2.15. The van der Waals surface area contributed by atoms with Gasteiger partial charge < -0.3 is 9.88 Å². The van der Waals surface area contributed by atoms with Crippen LogP contribution in [0.3, 0.4) is 0 Å². The predicted octanol–water partition coefficient (Wildman–Crippen LogP) is 4.49. The molecule has 26 heavy (non-hydrogen) atoms. The van der Waals surface area contributed by atoms with Crippen LogP contribution in [0.1, 0.15) is 43.4 Å². The van der Waals surface area contributed by atoms with E-state index in [0.29, 0.717) is 6.54 Å². The molecule has 0 bridgehead atoms. The summed E-state index contributed by atoms with van der Waals surface area (Å²) in [5, 5.41) is 13.6. The second kappa shape index (κ2) is 8.05. The maximum atomic E-state index is 12.6. The number of nitrogens with one attached hydrogen (secondary N) is 1. The van der Waals surface area contributed by atoms with Crippen molar-refractivity contribution in [3.63, 3.8) is 0 Å². The molecular formula is C22H25N3O. The molecule has 1 saturated carbocycles. The molecule has 1 N–H and O–H groups in total. The summed E-state index contributed by atoms with van der Waals surface area (Å²) in [6.07, 6.45) is 9.11. The van der Waals surface area contributed by atoms with Crippen LogP contribution in [0.2, 0.25) is 0 Å². The van der Waals surface area contributed by atoms with Crippen molar-refractivity contribution in [2.45, 2.75) is 51.6 Å². The highest BCUT2D eigenvalue weighted by atomic mass is 16.1. The Morgan fingerprint density at radius 1 is 1.35 bits per heavy atom. The van der Waals surface area contributed by atoms with Gasteiger partial charge in [0.2, 0.25) is 0 Å². The highest BCUT2D eigenvalue weighted by molar-refractivity contribution is 6.04. The minimum Gasteiger partial charge on any atom is -0.349 e. The van der Waals surface area contributed by atoms with E-state index in [-0.39, 0.29) is 17.5 Å². The molecule has 2 aromatic rings. The van der Waals surface area contributed by atoms with Gasteiger partial charge in [0.1, 0.15) is 11.6 Å². The fourth-order valence-electron chi connectivity index (χ4n) is 3.81. The summed E-state index contributed by atoms with van der Waals surface area (Å²) in [5.41, 5.74) is 3.21. The summed E-state index contributed by atoms with van der Waals surface area (Å²) >= 11 is 0. The molecule has 0 spiro atoms. The van der Waals surface area contributed by atoms with E-state index in [4.69, 9.17) is 0 Å². The number of para-hydroxylation sites is 1. The molecule has 1 amide bonds. The van der Waals surface area contributed by atoms with Crippen LogP contribution < -0.4 is 5.32 Å². The number of aromatic nitrogens is 1. The maximum absolute atomic E-state index is 12.6. The van der Waals surface area contributed by atoms with Crippen molar-refractivity contribution >= 4 is 22.9 Å². The molecule has 0 aliphatic heterocycles. The first kappa shape index (κ1) is 18.0. The molecule has 0 saturated heterocycles. The van der Waals surface area contributed by atoms with Gasteiger partial charge in [-0.2, -0.15) is 5.26 Å². The normalized spacial score (nSPS) is 15.6. The lowest BCUT2D eigenvalue weighted by molar-refractivity contribution is -0.117. The van der Waals surface area contributed by atoms with Crippen molar-refractivity contribution in [2.24, 2.45) is 0 Å². The second-order valence-corrected chi connectivity index (χ2v) is 6.89. The molecular weight excluding hydrogens is 322 g/mol. The highest BCUT2D eigenvalue weighted by Crippen LogP contribution is 2.28. The van der Waals surface area contributed by atoms with E-state index in [2.05, 4.69) is 28.6 Å². The van der Waals surface area contributed by atoms with Crippen molar-refractivity contribution in [1.29, 1.82) is 5.26 Å². The summed E-state index contributed by atoms with van der Waals surface area (Å²) in [6.45, 7) is 6.54. The van der Waals surface area contributed by atoms with Gasteiger partial charge in [-0.1, -0.05) is 43.5 Å². The van der Waals surface area contributed by atoms with Gasteiger partial charge in [0, 0.05) is 34.7 Å². The number of carbonyl (C=O) groups is 1. The number of nitrogens with zero attached hydrogens (tertiary/aromatic N) is 2. The van der Waals surface area contributed by atoms with E-state index in [1.165, 1.54) is 6.42 Å². The lowest BCUT2D eigenvalue weighted by atomic mass is 9.95. The average molecular weight is 347 g/mol. The Hall–Kier alpha value is -2.80. The first-order valence-electron chi connectivity index (χ1n) is 9.27. The highest BCUT2D eigenvalue weighted by Gasteiger charge is 2.19. The summed E-state index contributed by atoms with van der Waals surface area (Å²) in [7, 11) is 0. The number of allylic oxidation sites excluding steroid dienone is 1. The Kier molecular flexibility index (Phi) is 5.58. The Morgan fingerprint density at radius 2 is 2.08 bits per heavy atom. The Balaban J connectivity index is 1.96. The molecule has 1 heterocycles. The van der Waals surface area contributed by atoms with E-state index in [1.54, 1.807) is 6.08 Å². The molecule has 1 aromatic carbocycles. The van der Waals surface area contributed by atoms with Crippen LogP contribution in [-0.4, -0.2) is 16.5 Å². The van der Waals surface area contributed by atoms with Gasteiger partial charge >= 0.3 is 0 Å². The largest absolute Gasteiger partial charge is 0.349 e. The van der Waals surface area contributed by atoms with Crippen molar-refractivity contribution in [1.82, 2.24) is 9.88 Å². The van der Waals surface area contributed by atoms with E-state index in [0.717, 1.165) is 47.8 Å². The third-order valence-corrected chi connectivity index (χ3v) is 5.19. The minimum atomic E-state index is -0.264. The van der Waals surface area contributed by atoms with Crippen LogP contribution in [-0.2, 0) is 11.3 Å². The fraction of sp³-hybridized carbons (Fsp3) is 0.364. The number of hydrogen-bond donors (Lipinski definition) is 1. The average Bonchev–Trinajstić information content (AvgIpc) is 2.92. The van der Waals surface area contributed by atoms with Crippen LogP contribution in [0.15, 0.2) is 42.5 Å². The Morgan fingerprint density at radius 3 is 2.77 bits per heavy atom. The molecule has 3 rings (SSSR count). The number of fused-ring (bicyclic) bond motifs is 1. The maximum Gasteiger partial charge on any atom is 0.262 e. The molecule has 134 valence electrons. The first-order chi connectivity index (χ1) is 12.7. The van der Waals surface area contributed by atoms with Gasteiger partial charge in [-0.3, -0.25) is 4.79 Å². The fourth-order valence-corrected chi connectivity index (χ4v) is 3.81. The van der Waals surface area contributed by atoms with E-state index in [1.807, 2.05) is 31.2 Å². The Labute approximate surface area is 154 Å². The zero-order valence-electron chi connectivity index (χ0n) is 15.3. The molecule has 4 nitrogen and oxygen atoms in total. The van der Waals surface area contributed by atoms with E-state index in [9.17, 15) is 10.1 Å². The summed E-state index contributed by atoms with van der Waals surface area (Å²) in [4.78, 5) is 12.6.